The fourth-order valence-electron chi connectivity index (χ4n) is 1.12. The van der Waals surface area contributed by atoms with Crippen LogP contribution < -0.4 is 5.73 Å². The predicted molar refractivity (Wildman–Crippen MR) is 64.3 cm³/mol. The van der Waals surface area contributed by atoms with Gasteiger partial charge in [0.05, 0.1) is 9.26 Å². The summed E-state index contributed by atoms with van der Waals surface area (Å²) in [4.78, 5) is 7.95. The first-order valence-corrected chi connectivity index (χ1v) is 5.86. The zero-order chi connectivity index (χ0) is 13.1. The summed E-state index contributed by atoms with van der Waals surface area (Å²) < 4.78 is 40.8. The Labute approximate surface area is 110 Å². The van der Waals surface area contributed by atoms with Crippen molar-refractivity contribution in [1.29, 1.82) is 0 Å². The molecule has 1 aromatic heterocycles. The van der Waals surface area contributed by atoms with Crippen molar-refractivity contribution in [2.75, 3.05) is 12.3 Å². The van der Waals surface area contributed by atoms with Crippen molar-refractivity contribution < 1.29 is 17.9 Å². The van der Waals surface area contributed by atoms with Crippen molar-refractivity contribution >= 4 is 28.4 Å². The van der Waals surface area contributed by atoms with Gasteiger partial charge in [-0.15, -0.1) is 0 Å². The maximum Gasteiger partial charge on any atom is 0.411 e. The second-order valence-corrected chi connectivity index (χ2v) is 4.33. The Morgan fingerprint density at radius 2 is 2.00 bits per heavy atom. The molecule has 0 radical (unpaired) electrons. The van der Waals surface area contributed by atoms with E-state index in [1.54, 1.807) is 0 Å². The SMILES string of the molecule is CCc1nc(COCC(F)(F)F)nc(N)c1I. The van der Waals surface area contributed by atoms with E-state index in [2.05, 4.69) is 14.7 Å². The van der Waals surface area contributed by atoms with Crippen LogP contribution >= 0.6 is 22.6 Å². The molecule has 0 spiro atoms. The first-order valence-electron chi connectivity index (χ1n) is 4.78. The van der Waals surface area contributed by atoms with Crippen LogP contribution in [0.5, 0.6) is 0 Å². The van der Waals surface area contributed by atoms with Gasteiger partial charge in [0.25, 0.3) is 0 Å². The summed E-state index contributed by atoms with van der Waals surface area (Å²) in [5, 5.41) is 0. The number of nitrogens with two attached hydrogens (primary N) is 1. The van der Waals surface area contributed by atoms with Crippen LogP contribution in [0.25, 0.3) is 0 Å². The molecule has 8 heteroatoms. The lowest BCUT2D eigenvalue weighted by atomic mass is 10.3. The Hall–Kier alpha value is -0.640. The topological polar surface area (TPSA) is 61.0 Å². The molecule has 0 saturated heterocycles. The summed E-state index contributed by atoms with van der Waals surface area (Å²) in [7, 11) is 0. The van der Waals surface area contributed by atoms with Gasteiger partial charge < -0.3 is 10.5 Å². The fraction of sp³-hybridized carbons (Fsp3) is 0.556. The number of halogens is 4. The predicted octanol–water partition coefficient (Wildman–Crippen LogP) is 2.30. The maximum atomic E-state index is 11.9. The van der Waals surface area contributed by atoms with Crippen LogP contribution in [-0.2, 0) is 17.8 Å². The van der Waals surface area contributed by atoms with Gasteiger partial charge in [0.15, 0.2) is 5.82 Å². The van der Waals surface area contributed by atoms with Crippen molar-refractivity contribution in [2.24, 2.45) is 0 Å². The lowest BCUT2D eigenvalue weighted by molar-refractivity contribution is -0.177. The Balaban J connectivity index is 2.69. The smallest absolute Gasteiger partial charge is 0.383 e. The zero-order valence-electron chi connectivity index (χ0n) is 9.01. The molecule has 0 unspecified atom stereocenters. The van der Waals surface area contributed by atoms with Gasteiger partial charge in [-0.05, 0) is 29.0 Å². The van der Waals surface area contributed by atoms with Gasteiger partial charge in [0.2, 0.25) is 0 Å². The van der Waals surface area contributed by atoms with E-state index >= 15 is 0 Å². The van der Waals surface area contributed by atoms with Crippen molar-refractivity contribution in [1.82, 2.24) is 9.97 Å². The average molecular weight is 361 g/mol. The molecule has 96 valence electrons. The molecule has 1 aromatic rings. The zero-order valence-corrected chi connectivity index (χ0v) is 11.2. The maximum absolute atomic E-state index is 11.9. The summed E-state index contributed by atoms with van der Waals surface area (Å²) in [6, 6.07) is 0. The Morgan fingerprint density at radius 3 is 2.53 bits per heavy atom. The van der Waals surface area contributed by atoms with E-state index in [1.165, 1.54) is 0 Å². The van der Waals surface area contributed by atoms with Crippen LogP contribution in [0.2, 0.25) is 0 Å². The van der Waals surface area contributed by atoms with E-state index < -0.39 is 12.8 Å². The largest absolute Gasteiger partial charge is 0.411 e. The van der Waals surface area contributed by atoms with E-state index in [4.69, 9.17) is 5.73 Å². The normalized spacial score (nSPS) is 11.8. The van der Waals surface area contributed by atoms with Gasteiger partial charge in [-0.1, -0.05) is 6.92 Å². The molecule has 1 rings (SSSR count). The molecule has 0 atom stereocenters. The van der Waals surface area contributed by atoms with E-state index in [0.717, 1.165) is 3.57 Å². The molecule has 0 aliphatic heterocycles. The number of hydrogen-bond donors (Lipinski definition) is 1. The van der Waals surface area contributed by atoms with E-state index in [0.29, 0.717) is 12.1 Å². The number of hydrogen-bond acceptors (Lipinski definition) is 4. The van der Waals surface area contributed by atoms with Crippen LogP contribution in [0.4, 0.5) is 19.0 Å². The van der Waals surface area contributed by atoms with Gasteiger partial charge >= 0.3 is 6.18 Å². The number of nitrogens with zero attached hydrogens (tertiary/aromatic N) is 2. The highest BCUT2D eigenvalue weighted by Gasteiger charge is 2.27. The van der Waals surface area contributed by atoms with Gasteiger partial charge in [-0.2, -0.15) is 13.2 Å². The van der Waals surface area contributed by atoms with Gasteiger partial charge in [0, 0.05) is 0 Å². The summed E-state index contributed by atoms with van der Waals surface area (Å²) in [5.41, 5.74) is 6.33. The summed E-state index contributed by atoms with van der Waals surface area (Å²) in [6.45, 7) is 0.266. The summed E-state index contributed by atoms with van der Waals surface area (Å²) in [6.07, 6.45) is -3.71. The molecular formula is C9H11F3IN3O. The standard InChI is InChI=1S/C9H11F3IN3O/c1-2-5-7(13)8(14)16-6(15-5)3-17-4-9(10,11)12/h2-4H2,1H3,(H2,14,15,16). The summed E-state index contributed by atoms with van der Waals surface area (Å²) >= 11 is 2.00. The number of rotatable bonds is 4. The van der Waals surface area contributed by atoms with Crippen molar-refractivity contribution in [2.45, 2.75) is 26.1 Å². The molecule has 17 heavy (non-hydrogen) atoms. The number of aryl methyl sites for hydroxylation is 1. The van der Waals surface area contributed by atoms with Crippen molar-refractivity contribution in [3.8, 4) is 0 Å². The molecule has 0 fully saturated rings. The molecule has 0 aliphatic carbocycles. The third-order valence-electron chi connectivity index (χ3n) is 1.82. The molecule has 4 nitrogen and oxygen atoms in total. The first-order chi connectivity index (χ1) is 7.83. The quantitative estimate of drug-likeness (QED) is 0.837. The van der Waals surface area contributed by atoms with Crippen molar-refractivity contribution in [3.05, 3.63) is 15.1 Å². The number of nitrogen functional groups attached to an aromatic ring is 1. The molecule has 0 aromatic carbocycles. The minimum Gasteiger partial charge on any atom is -0.383 e. The lowest BCUT2D eigenvalue weighted by Gasteiger charge is -2.09. The second kappa shape index (κ2) is 5.80. The lowest BCUT2D eigenvalue weighted by Crippen LogP contribution is -2.18. The third kappa shape index (κ3) is 4.62. The highest BCUT2D eigenvalue weighted by Crippen LogP contribution is 2.18. The van der Waals surface area contributed by atoms with E-state index in [-0.39, 0.29) is 18.2 Å². The van der Waals surface area contributed by atoms with Crippen LogP contribution in [0.3, 0.4) is 0 Å². The number of aromatic nitrogens is 2. The molecule has 0 aliphatic rings. The number of ether oxygens (including phenoxy) is 1. The molecule has 0 bridgehead atoms. The van der Waals surface area contributed by atoms with Crippen LogP contribution in [0, 0.1) is 3.57 Å². The van der Waals surface area contributed by atoms with Crippen LogP contribution in [0.15, 0.2) is 0 Å². The summed E-state index contributed by atoms with van der Waals surface area (Å²) in [5.74, 6) is 0.437. The van der Waals surface area contributed by atoms with Crippen molar-refractivity contribution in [3.63, 3.8) is 0 Å². The first kappa shape index (κ1) is 14.4. The third-order valence-corrected chi connectivity index (χ3v) is 3.00. The fourth-order valence-corrected chi connectivity index (χ4v) is 1.75. The molecule has 0 saturated carbocycles. The van der Waals surface area contributed by atoms with Gasteiger partial charge in [-0.3, -0.25) is 0 Å². The average Bonchev–Trinajstić information content (AvgIpc) is 2.21. The van der Waals surface area contributed by atoms with E-state index in [9.17, 15) is 13.2 Å². The minimum absolute atomic E-state index is 0.170. The number of alkyl halides is 3. The molecule has 0 amide bonds. The van der Waals surface area contributed by atoms with E-state index in [1.807, 2.05) is 29.5 Å². The minimum atomic E-state index is -4.34. The number of anilines is 1. The monoisotopic (exact) mass is 361 g/mol. The second-order valence-electron chi connectivity index (χ2n) is 3.25. The Morgan fingerprint density at radius 1 is 1.35 bits per heavy atom. The van der Waals surface area contributed by atoms with Gasteiger partial charge in [0.1, 0.15) is 19.0 Å². The van der Waals surface area contributed by atoms with Crippen LogP contribution in [0.1, 0.15) is 18.4 Å². The van der Waals surface area contributed by atoms with Crippen LogP contribution in [-0.4, -0.2) is 22.8 Å². The highest BCUT2D eigenvalue weighted by atomic mass is 127. The molecular weight excluding hydrogens is 350 g/mol. The Kier molecular flexibility index (Phi) is 4.92. The molecule has 2 N–H and O–H groups in total. The van der Waals surface area contributed by atoms with Gasteiger partial charge in [-0.25, -0.2) is 9.97 Å². The highest BCUT2D eigenvalue weighted by molar-refractivity contribution is 14.1. The molecule has 1 heterocycles. The Bertz CT molecular complexity index is 398.